The van der Waals surface area contributed by atoms with E-state index < -0.39 is 0 Å². The van der Waals surface area contributed by atoms with E-state index in [1.807, 2.05) is 5.01 Å². The third-order valence-electron chi connectivity index (χ3n) is 3.12. The van der Waals surface area contributed by atoms with E-state index in [0.717, 1.165) is 31.6 Å². The Morgan fingerprint density at radius 1 is 1.21 bits per heavy atom. The lowest BCUT2D eigenvalue weighted by Crippen LogP contribution is -2.16. The molecule has 0 aromatic rings. The highest BCUT2D eigenvalue weighted by molar-refractivity contribution is 5.87. The minimum absolute atomic E-state index is 0.793. The standard InChI is InChI=1S/C10H17N4/c1-2-8(1)10(9-3-4-9)12-13-14-6-5-11-7-14/h8-9,11H,1-7H2/q+1. The Hall–Kier alpha value is -0.860. The molecule has 4 nitrogen and oxygen atoms in total. The Morgan fingerprint density at radius 3 is 2.43 bits per heavy atom. The second kappa shape index (κ2) is 3.37. The van der Waals surface area contributed by atoms with Crippen molar-refractivity contribution in [2.24, 2.45) is 17.1 Å². The topological polar surface area (TPSA) is 41.7 Å². The molecule has 1 N–H and O–H groups in total. The molecule has 3 aliphatic rings. The Bertz CT molecular complexity index is 264. The molecule has 0 aromatic carbocycles. The smallest absolute Gasteiger partial charge is 0.218 e. The van der Waals surface area contributed by atoms with Crippen LogP contribution >= 0.6 is 0 Å². The Morgan fingerprint density at radius 2 is 1.93 bits per heavy atom. The zero-order chi connectivity index (χ0) is 9.38. The summed E-state index contributed by atoms with van der Waals surface area (Å²) in [7, 11) is 0. The number of hydrogen-bond donors (Lipinski definition) is 1. The van der Waals surface area contributed by atoms with Crippen LogP contribution in [0.4, 0.5) is 0 Å². The van der Waals surface area contributed by atoms with Crippen molar-refractivity contribution < 1.29 is 4.79 Å². The van der Waals surface area contributed by atoms with Crippen molar-refractivity contribution in [2.45, 2.75) is 25.7 Å². The molecule has 1 saturated heterocycles. The van der Waals surface area contributed by atoms with Gasteiger partial charge in [-0.2, -0.15) is 0 Å². The quantitative estimate of drug-likeness (QED) is 0.407. The van der Waals surface area contributed by atoms with Crippen molar-refractivity contribution in [1.29, 1.82) is 0 Å². The van der Waals surface area contributed by atoms with Gasteiger partial charge in [-0.05, 0) is 25.7 Å². The van der Waals surface area contributed by atoms with Gasteiger partial charge in [-0.15, -0.1) is 5.01 Å². The molecule has 2 saturated carbocycles. The molecule has 3 fully saturated rings. The van der Waals surface area contributed by atoms with Gasteiger partial charge in [-0.3, -0.25) is 5.32 Å². The number of rotatable bonds is 3. The van der Waals surface area contributed by atoms with Crippen LogP contribution in [0.3, 0.4) is 0 Å². The van der Waals surface area contributed by atoms with Gasteiger partial charge < -0.3 is 0 Å². The van der Waals surface area contributed by atoms with Crippen molar-refractivity contribution in [2.75, 3.05) is 19.8 Å². The molecule has 3 rings (SSSR count). The summed E-state index contributed by atoms with van der Waals surface area (Å²) in [5.74, 6) is 1.59. The second-order valence-corrected chi connectivity index (χ2v) is 4.55. The van der Waals surface area contributed by atoms with E-state index in [1.54, 1.807) is 0 Å². The molecule has 0 unspecified atom stereocenters. The molecule has 0 aromatic heterocycles. The predicted molar refractivity (Wildman–Crippen MR) is 52.7 cm³/mol. The van der Waals surface area contributed by atoms with Crippen molar-refractivity contribution in [1.82, 2.24) is 10.3 Å². The third-order valence-corrected chi connectivity index (χ3v) is 3.12. The van der Waals surface area contributed by atoms with Gasteiger partial charge in [0.25, 0.3) is 0 Å². The largest absolute Gasteiger partial charge is 0.276 e. The van der Waals surface area contributed by atoms with Gasteiger partial charge in [0.2, 0.25) is 5.71 Å². The molecule has 0 spiro atoms. The van der Waals surface area contributed by atoms with E-state index >= 15 is 0 Å². The molecule has 1 aliphatic heterocycles. The first-order valence-electron chi connectivity index (χ1n) is 5.67. The van der Waals surface area contributed by atoms with Crippen LogP contribution in [0, 0.1) is 11.8 Å². The molecule has 0 bridgehead atoms. The molecule has 0 atom stereocenters. The fraction of sp³-hybridized carbons (Fsp3) is 0.900. The Labute approximate surface area is 84.1 Å². The number of hydrogen-bond acceptors (Lipinski definition) is 2. The Kier molecular flexibility index (Phi) is 2.03. The van der Waals surface area contributed by atoms with Crippen molar-refractivity contribution >= 4 is 5.71 Å². The lowest BCUT2D eigenvalue weighted by Gasteiger charge is -1.93. The monoisotopic (exact) mass is 193 g/mol. The summed E-state index contributed by atoms with van der Waals surface area (Å²) in [6.45, 7) is 2.92. The highest BCUT2D eigenvalue weighted by Crippen LogP contribution is 2.41. The maximum Gasteiger partial charge on any atom is 0.218 e. The van der Waals surface area contributed by atoms with Crippen LogP contribution in [0.5, 0.6) is 0 Å². The zero-order valence-corrected chi connectivity index (χ0v) is 8.45. The van der Waals surface area contributed by atoms with E-state index in [4.69, 9.17) is 0 Å². The highest BCUT2D eigenvalue weighted by Gasteiger charge is 2.43. The summed E-state index contributed by atoms with van der Waals surface area (Å²) < 4.78 is 0. The van der Waals surface area contributed by atoms with E-state index in [1.165, 1.54) is 31.4 Å². The van der Waals surface area contributed by atoms with Crippen molar-refractivity contribution in [3.63, 3.8) is 0 Å². The summed E-state index contributed by atoms with van der Waals surface area (Å²) in [6, 6.07) is 0. The highest BCUT2D eigenvalue weighted by atomic mass is 15.6. The van der Waals surface area contributed by atoms with Gasteiger partial charge in [0.1, 0.15) is 6.54 Å². The Balaban J connectivity index is 1.71. The average Bonchev–Trinajstić information content (AvgIpc) is 3.09. The first-order chi connectivity index (χ1) is 6.93. The normalized spacial score (nSPS) is 26.1. The average molecular weight is 193 g/mol. The third kappa shape index (κ3) is 1.81. The fourth-order valence-electron chi connectivity index (χ4n) is 1.94. The van der Waals surface area contributed by atoms with Gasteiger partial charge in [0, 0.05) is 18.4 Å². The lowest BCUT2D eigenvalue weighted by molar-refractivity contribution is -0.144. The maximum atomic E-state index is 4.46. The molecule has 2 aliphatic carbocycles. The van der Waals surface area contributed by atoms with Crippen molar-refractivity contribution in [3.05, 3.63) is 0 Å². The first-order valence-corrected chi connectivity index (χ1v) is 5.67. The zero-order valence-electron chi connectivity index (χ0n) is 8.45. The minimum Gasteiger partial charge on any atom is -0.276 e. The number of nitrogens with zero attached hydrogens (tertiary/aromatic N) is 3. The first kappa shape index (κ1) is 8.45. The van der Waals surface area contributed by atoms with Crippen LogP contribution in [0.15, 0.2) is 5.22 Å². The van der Waals surface area contributed by atoms with Gasteiger partial charge in [0.15, 0.2) is 11.9 Å². The molecule has 4 heteroatoms. The van der Waals surface area contributed by atoms with E-state index in [9.17, 15) is 0 Å². The summed E-state index contributed by atoms with van der Waals surface area (Å²) >= 11 is 0. The summed E-state index contributed by atoms with van der Waals surface area (Å²) in [6.07, 6.45) is 5.40. The summed E-state index contributed by atoms with van der Waals surface area (Å²) in [4.78, 5) is 4.46. The van der Waals surface area contributed by atoms with Crippen LogP contribution < -0.4 is 5.32 Å². The van der Waals surface area contributed by atoms with Gasteiger partial charge >= 0.3 is 0 Å². The molecule has 76 valence electrons. The van der Waals surface area contributed by atoms with Crippen LogP contribution in [-0.2, 0) is 0 Å². The molecular weight excluding hydrogens is 176 g/mol. The summed E-state index contributed by atoms with van der Waals surface area (Å²) in [5.41, 5.74) is 1.40. The lowest BCUT2D eigenvalue weighted by atomic mass is 10.2. The molecule has 0 radical (unpaired) electrons. The van der Waals surface area contributed by atoms with Crippen LogP contribution in [0.1, 0.15) is 25.7 Å². The molecule has 1 heterocycles. The van der Waals surface area contributed by atoms with Crippen molar-refractivity contribution in [3.8, 4) is 0 Å². The van der Waals surface area contributed by atoms with Gasteiger partial charge in [0.05, 0.1) is 0 Å². The van der Waals surface area contributed by atoms with E-state index in [0.29, 0.717) is 0 Å². The fourth-order valence-corrected chi connectivity index (χ4v) is 1.94. The van der Waals surface area contributed by atoms with Crippen LogP contribution in [0.2, 0.25) is 0 Å². The SMILES string of the molecule is C1CN(N=[N+]=C(C2CC2)C2CC2)CN1. The second-order valence-electron chi connectivity index (χ2n) is 4.55. The van der Waals surface area contributed by atoms with Crippen LogP contribution in [0.25, 0.3) is 0 Å². The van der Waals surface area contributed by atoms with Crippen LogP contribution in [-0.4, -0.2) is 35.3 Å². The minimum atomic E-state index is 0.793. The van der Waals surface area contributed by atoms with E-state index in [2.05, 4.69) is 15.3 Å². The number of nitrogens with one attached hydrogen (secondary N) is 1. The summed E-state index contributed by atoms with van der Waals surface area (Å²) in [5, 5.41) is 9.57. The molecule has 0 amide bonds. The predicted octanol–water partition coefficient (Wildman–Crippen LogP) is 0.685. The molecular formula is C10H17N4+. The maximum absolute atomic E-state index is 4.46. The van der Waals surface area contributed by atoms with Gasteiger partial charge in [-0.25, -0.2) is 0 Å². The van der Waals surface area contributed by atoms with E-state index in [-0.39, 0.29) is 0 Å². The molecule has 14 heavy (non-hydrogen) atoms. The van der Waals surface area contributed by atoms with Gasteiger partial charge in [-0.1, -0.05) is 4.79 Å².